The maximum absolute atomic E-state index is 10.4. The number of hydrogen-bond donors (Lipinski definition) is 1. The van der Waals surface area contributed by atoms with E-state index in [1.165, 1.54) is 16.7 Å². The van der Waals surface area contributed by atoms with E-state index < -0.39 is 6.09 Å². The highest BCUT2D eigenvalue weighted by atomic mass is 16.5. The summed E-state index contributed by atoms with van der Waals surface area (Å²) >= 11 is 0. The van der Waals surface area contributed by atoms with Crippen molar-refractivity contribution in [2.75, 3.05) is 6.61 Å². The summed E-state index contributed by atoms with van der Waals surface area (Å²) in [5.74, 6) is 0. The highest BCUT2D eigenvalue weighted by Gasteiger charge is 2.09. The number of carbonyl (C=O) groups is 1. The van der Waals surface area contributed by atoms with Gasteiger partial charge < -0.3 is 10.5 Å². The Bertz CT molecular complexity index is 286. The number of ether oxygens (including phenoxy) is 1. The second-order valence-electron chi connectivity index (χ2n) is 3.78. The van der Waals surface area contributed by atoms with Crippen molar-refractivity contribution in [2.24, 2.45) is 5.73 Å². The fraction of sp³-hybridized carbons (Fsp3) is 0.545. The molecule has 0 bridgehead atoms. The average Bonchev–Trinajstić information content (AvgIpc) is 2.15. The molecular weight excluding hydrogens is 178 g/mol. The molecule has 0 fully saturated rings. The smallest absolute Gasteiger partial charge is 0.404 e. The molecule has 1 amide bonds. The number of rotatable bonds is 2. The van der Waals surface area contributed by atoms with Gasteiger partial charge in [-0.3, -0.25) is 0 Å². The Kier molecular flexibility index (Phi) is 3.74. The molecule has 1 aliphatic carbocycles. The third kappa shape index (κ3) is 3.24. The molecule has 1 aliphatic rings. The van der Waals surface area contributed by atoms with Gasteiger partial charge in [0.05, 0.1) is 0 Å². The van der Waals surface area contributed by atoms with Crippen LogP contribution in [0.5, 0.6) is 0 Å². The lowest BCUT2D eigenvalue weighted by atomic mass is 9.92. The molecule has 0 aromatic carbocycles. The van der Waals surface area contributed by atoms with Crippen LogP contribution in [0.4, 0.5) is 4.79 Å². The number of hydrogen-bond acceptors (Lipinski definition) is 2. The van der Waals surface area contributed by atoms with Gasteiger partial charge in [0.15, 0.2) is 0 Å². The molecule has 0 aromatic rings. The van der Waals surface area contributed by atoms with E-state index in [4.69, 9.17) is 10.5 Å². The van der Waals surface area contributed by atoms with Gasteiger partial charge in [0.1, 0.15) is 6.61 Å². The molecule has 0 aliphatic heterocycles. The van der Waals surface area contributed by atoms with Gasteiger partial charge in [-0.2, -0.15) is 0 Å². The molecule has 3 nitrogen and oxygen atoms in total. The van der Waals surface area contributed by atoms with Crippen LogP contribution in [0.3, 0.4) is 0 Å². The molecule has 2 N–H and O–H groups in total. The normalized spacial score (nSPS) is 16.1. The van der Waals surface area contributed by atoms with E-state index in [0.717, 1.165) is 19.3 Å². The van der Waals surface area contributed by atoms with Crippen molar-refractivity contribution < 1.29 is 9.53 Å². The second kappa shape index (κ2) is 4.84. The number of nitrogens with two attached hydrogens (primary N) is 1. The van der Waals surface area contributed by atoms with Gasteiger partial charge in [-0.25, -0.2) is 4.79 Å². The first-order valence-corrected chi connectivity index (χ1v) is 4.85. The number of primary amides is 1. The molecular formula is C11H17NO2. The van der Waals surface area contributed by atoms with E-state index in [0.29, 0.717) is 6.61 Å². The van der Waals surface area contributed by atoms with E-state index >= 15 is 0 Å². The molecule has 0 spiro atoms. The standard InChI is InChI=1S/C11H17NO2/c1-8(2)10-5-3-9(4-6-10)7-14-11(12)13/h3H,4-7H2,1-2H3,(H2,12,13). The van der Waals surface area contributed by atoms with Crippen LogP contribution in [-0.2, 0) is 4.74 Å². The van der Waals surface area contributed by atoms with Gasteiger partial charge in [0.25, 0.3) is 0 Å². The maximum Gasteiger partial charge on any atom is 0.404 e. The fourth-order valence-electron chi connectivity index (χ4n) is 1.53. The minimum atomic E-state index is -0.695. The first-order valence-electron chi connectivity index (χ1n) is 4.85. The van der Waals surface area contributed by atoms with Gasteiger partial charge in [-0.1, -0.05) is 17.2 Å². The molecule has 1 rings (SSSR count). The lowest BCUT2D eigenvalue weighted by Gasteiger charge is -2.16. The van der Waals surface area contributed by atoms with Crippen molar-refractivity contribution in [3.8, 4) is 0 Å². The van der Waals surface area contributed by atoms with Crippen LogP contribution >= 0.6 is 0 Å². The van der Waals surface area contributed by atoms with Crippen molar-refractivity contribution >= 4 is 6.09 Å². The van der Waals surface area contributed by atoms with Crippen molar-refractivity contribution in [3.63, 3.8) is 0 Å². The van der Waals surface area contributed by atoms with Crippen LogP contribution in [0.15, 0.2) is 22.8 Å². The largest absolute Gasteiger partial charge is 0.445 e. The van der Waals surface area contributed by atoms with Crippen molar-refractivity contribution in [1.82, 2.24) is 0 Å². The van der Waals surface area contributed by atoms with Gasteiger partial charge >= 0.3 is 6.09 Å². The summed E-state index contributed by atoms with van der Waals surface area (Å²) in [6.45, 7) is 4.62. The van der Waals surface area contributed by atoms with Crippen LogP contribution in [0.1, 0.15) is 33.1 Å². The minimum Gasteiger partial charge on any atom is -0.445 e. The summed E-state index contributed by atoms with van der Waals surface area (Å²) in [5, 5.41) is 0. The predicted octanol–water partition coefficient (Wildman–Crippen LogP) is 2.53. The summed E-state index contributed by atoms with van der Waals surface area (Å²) in [5.41, 5.74) is 8.95. The Morgan fingerprint density at radius 1 is 1.50 bits per heavy atom. The number of carbonyl (C=O) groups excluding carboxylic acids is 1. The Morgan fingerprint density at radius 3 is 2.64 bits per heavy atom. The molecule has 0 saturated carbocycles. The summed E-state index contributed by atoms with van der Waals surface area (Å²) in [6, 6.07) is 0. The van der Waals surface area contributed by atoms with Crippen LogP contribution in [0.2, 0.25) is 0 Å². The van der Waals surface area contributed by atoms with Gasteiger partial charge in [0.2, 0.25) is 0 Å². The van der Waals surface area contributed by atoms with E-state index in [-0.39, 0.29) is 0 Å². The summed E-state index contributed by atoms with van der Waals surface area (Å²) < 4.78 is 4.73. The molecule has 0 unspecified atom stereocenters. The Hall–Kier alpha value is -1.25. The highest BCUT2D eigenvalue weighted by molar-refractivity contribution is 5.64. The maximum atomic E-state index is 10.4. The zero-order valence-electron chi connectivity index (χ0n) is 8.80. The molecule has 0 aromatic heterocycles. The fourth-order valence-corrected chi connectivity index (χ4v) is 1.53. The summed E-state index contributed by atoms with van der Waals surface area (Å²) in [7, 11) is 0. The van der Waals surface area contributed by atoms with E-state index in [1.807, 2.05) is 0 Å². The molecule has 0 heterocycles. The van der Waals surface area contributed by atoms with Crippen LogP contribution < -0.4 is 5.73 Å². The van der Waals surface area contributed by atoms with Crippen molar-refractivity contribution in [1.29, 1.82) is 0 Å². The Labute approximate surface area is 84.6 Å². The second-order valence-corrected chi connectivity index (χ2v) is 3.78. The zero-order valence-corrected chi connectivity index (χ0v) is 8.80. The third-order valence-corrected chi connectivity index (χ3v) is 2.49. The number of amides is 1. The first kappa shape index (κ1) is 10.8. The molecule has 3 heteroatoms. The molecule has 0 atom stereocenters. The molecule has 78 valence electrons. The van der Waals surface area contributed by atoms with E-state index in [1.54, 1.807) is 0 Å². The van der Waals surface area contributed by atoms with E-state index in [2.05, 4.69) is 19.9 Å². The van der Waals surface area contributed by atoms with Gasteiger partial charge in [-0.05, 0) is 38.7 Å². The van der Waals surface area contributed by atoms with E-state index in [9.17, 15) is 4.79 Å². The van der Waals surface area contributed by atoms with Crippen LogP contribution in [-0.4, -0.2) is 12.7 Å². The van der Waals surface area contributed by atoms with Gasteiger partial charge in [0, 0.05) is 0 Å². The lowest BCUT2D eigenvalue weighted by Crippen LogP contribution is -2.15. The molecule has 14 heavy (non-hydrogen) atoms. The third-order valence-electron chi connectivity index (χ3n) is 2.49. The summed E-state index contributed by atoms with van der Waals surface area (Å²) in [6.07, 6.45) is 4.48. The van der Waals surface area contributed by atoms with Crippen LogP contribution in [0, 0.1) is 0 Å². The highest BCUT2D eigenvalue weighted by Crippen LogP contribution is 2.25. The number of allylic oxidation sites excluding steroid dienone is 3. The van der Waals surface area contributed by atoms with Crippen molar-refractivity contribution in [2.45, 2.75) is 33.1 Å². The van der Waals surface area contributed by atoms with Gasteiger partial charge in [-0.15, -0.1) is 0 Å². The SMILES string of the molecule is CC(C)=C1CC=C(COC(N)=O)CC1. The quantitative estimate of drug-likeness (QED) is 0.688. The summed E-state index contributed by atoms with van der Waals surface area (Å²) in [4.78, 5) is 10.4. The topological polar surface area (TPSA) is 52.3 Å². The monoisotopic (exact) mass is 195 g/mol. The van der Waals surface area contributed by atoms with Crippen LogP contribution in [0.25, 0.3) is 0 Å². The lowest BCUT2D eigenvalue weighted by molar-refractivity contribution is 0.165. The Morgan fingerprint density at radius 2 is 2.21 bits per heavy atom. The van der Waals surface area contributed by atoms with Crippen molar-refractivity contribution in [3.05, 3.63) is 22.8 Å². The first-order chi connectivity index (χ1) is 6.59. The minimum absolute atomic E-state index is 0.353. The molecule has 0 saturated heterocycles. The average molecular weight is 195 g/mol. The predicted molar refractivity (Wildman–Crippen MR) is 55.8 cm³/mol. The molecule has 0 radical (unpaired) electrons. The zero-order chi connectivity index (χ0) is 10.6. The Balaban J connectivity index is 2.45.